The van der Waals surface area contributed by atoms with Gasteiger partial charge in [0.25, 0.3) is 0 Å². The van der Waals surface area contributed by atoms with Gasteiger partial charge in [0.1, 0.15) is 12.0 Å². The second-order valence-electron chi connectivity index (χ2n) is 6.81. The summed E-state index contributed by atoms with van der Waals surface area (Å²) in [5, 5.41) is 8.87. The molecule has 1 atom stereocenters. The van der Waals surface area contributed by atoms with Gasteiger partial charge in [0.15, 0.2) is 5.65 Å². The van der Waals surface area contributed by atoms with E-state index in [1.54, 1.807) is 0 Å². The number of nitrogens with zero attached hydrogens (tertiary/aromatic N) is 3. The van der Waals surface area contributed by atoms with Crippen LogP contribution in [-0.2, 0) is 0 Å². The Morgan fingerprint density at radius 1 is 1.24 bits per heavy atom. The van der Waals surface area contributed by atoms with Crippen molar-refractivity contribution in [2.24, 2.45) is 0 Å². The standard InChI is InChI=1S/C19H20ClFN4/c1-11-7-18(23-16-8-15(21)9-16)25-19(22-11)10-17(24-25)12(2)13-3-5-14(20)6-4-13/h3-7,10,12,15-16,23H,8-9H2,1-2H3. The summed E-state index contributed by atoms with van der Waals surface area (Å²) in [6.45, 7) is 4.07. The summed E-state index contributed by atoms with van der Waals surface area (Å²) in [6, 6.07) is 12.0. The Morgan fingerprint density at radius 2 is 1.96 bits per heavy atom. The van der Waals surface area contributed by atoms with Crippen molar-refractivity contribution >= 4 is 23.1 Å². The highest BCUT2D eigenvalue weighted by Crippen LogP contribution is 2.29. The van der Waals surface area contributed by atoms with Crippen LogP contribution >= 0.6 is 11.6 Å². The van der Waals surface area contributed by atoms with Gasteiger partial charge in [0, 0.05) is 34.8 Å². The van der Waals surface area contributed by atoms with Crippen molar-refractivity contribution in [2.75, 3.05) is 5.32 Å². The molecule has 1 aromatic carbocycles. The lowest BCUT2D eigenvalue weighted by Crippen LogP contribution is -2.37. The van der Waals surface area contributed by atoms with Crippen molar-refractivity contribution < 1.29 is 4.39 Å². The number of alkyl halides is 1. The summed E-state index contributed by atoms with van der Waals surface area (Å²) in [7, 11) is 0. The van der Waals surface area contributed by atoms with Crippen LogP contribution in [0.5, 0.6) is 0 Å². The third kappa shape index (κ3) is 3.21. The molecule has 6 heteroatoms. The first-order valence-electron chi connectivity index (χ1n) is 8.53. The molecule has 25 heavy (non-hydrogen) atoms. The van der Waals surface area contributed by atoms with Crippen LogP contribution in [0, 0.1) is 6.92 Å². The van der Waals surface area contributed by atoms with Gasteiger partial charge < -0.3 is 5.32 Å². The lowest BCUT2D eigenvalue weighted by Gasteiger charge is -2.31. The fraction of sp³-hybridized carbons (Fsp3) is 0.368. The summed E-state index contributed by atoms with van der Waals surface area (Å²) < 4.78 is 14.9. The molecule has 1 aliphatic carbocycles. The van der Waals surface area contributed by atoms with Crippen molar-refractivity contribution in [3.8, 4) is 0 Å². The second kappa shape index (κ2) is 6.30. The van der Waals surface area contributed by atoms with Gasteiger partial charge in [-0.15, -0.1) is 0 Å². The first-order valence-corrected chi connectivity index (χ1v) is 8.91. The molecule has 2 aromatic heterocycles. The molecule has 1 fully saturated rings. The molecule has 1 saturated carbocycles. The Bertz CT molecular complexity index is 900. The van der Waals surface area contributed by atoms with Gasteiger partial charge in [-0.1, -0.05) is 30.7 Å². The van der Waals surface area contributed by atoms with Gasteiger partial charge in [0.05, 0.1) is 5.69 Å². The SMILES string of the molecule is Cc1cc(NC2CC(F)C2)n2nc(C(C)c3ccc(Cl)cc3)cc2n1. The number of rotatable bonds is 4. The van der Waals surface area contributed by atoms with Crippen LogP contribution in [0.1, 0.15) is 42.6 Å². The molecular formula is C19H20ClFN4. The smallest absolute Gasteiger partial charge is 0.157 e. The number of aromatic nitrogens is 3. The van der Waals surface area contributed by atoms with Crippen molar-refractivity contribution in [1.82, 2.24) is 14.6 Å². The van der Waals surface area contributed by atoms with Crippen LogP contribution in [0.25, 0.3) is 5.65 Å². The Hall–Kier alpha value is -2.14. The topological polar surface area (TPSA) is 42.2 Å². The summed E-state index contributed by atoms with van der Waals surface area (Å²) in [5.41, 5.74) is 3.81. The van der Waals surface area contributed by atoms with Crippen LogP contribution in [0.2, 0.25) is 5.02 Å². The zero-order chi connectivity index (χ0) is 17.6. The van der Waals surface area contributed by atoms with Crippen LogP contribution < -0.4 is 5.32 Å². The van der Waals surface area contributed by atoms with Crippen molar-refractivity contribution in [1.29, 1.82) is 0 Å². The molecule has 0 amide bonds. The number of benzene rings is 1. The average molecular weight is 359 g/mol. The molecule has 4 nitrogen and oxygen atoms in total. The highest BCUT2D eigenvalue weighted by Gasteiger charge is 2.29. The predicted octanol–water partition coefficient (Wildman–Crippen LogP) is 4.76. The third-order valence-corrected chi connectivity index (χ3v) is 5.07. The quantitative estimate of drug-likeness (QED) is 0.731. The van der Waals surface area contributed by atoms with E-state index in [0.717, 1.165) is 33.4 Å². The summed E-state index contributed by atoms with van der Waals surface area (Å²) in [4.78, 5) is 4.58. The number of aryl methyl sites for hydroxylation is 1. The molecule has 4 rings (SSSR count). The van der Waals surface area contributed by atoms with E-state index in [2.05, 4.69) is 17.2 Å². The summed E-state index contributed by atoms with van der Waals surface area (Å²) >= 11 is 5.98. The number of nitrogens with one attached hydrogen (secondary N) is 1. The molecule has 0 radical (unpaired) electrons. The molecule has 0 bridgehead atoms. The Balaban J connectivity index is 1.68. The van der Waals surface area contributed by atoms with Crippen LogP contribution in [0.4, 0.5) is 10.2 Å². The minimum absolute atomic E-state index is 0.131. The van der Waals surface area contributed by atoms with Gasteiger partial charge in [-0.05, 0) is 37.5 Å². The molecule has 1 aliphatic rings. The molecule has 3 aromatic rings. The minimum Gasteiger partial charge on any atom is -0.367 e. The van der Waals surface area contributed by atoms with Gasteiger partial charge >= 0.3 is 0 Å². The molecule has 0 aliphatic heterocycles. The Labute approximate surface area is 151 Å². The first-order chi connectivity index (χ1) is 12.0. The third-order valence-electron chi connectivity index (χ3n) is 4.82. The van der Waals surface area contributed by atoms with E-state index < -0.39 is 6.17 Å². The lowest BCUT2D eigenvalue weighted by molar-refractivity contribution is 0.192. The van der Waals surface area contributed by atoms with Crippen LogP contribution in [0.3, 0.4) is 0 Å². The highest BCUT2D eigenvalue weighted by molar-refractivity contribution is 6.30. The van der Waals surface area contributed by atoms with Crippen molar-refractivity contribution in [3.63, 3.8) is 0 Å². The highest BCUT2D eigenvalue weighted by atomic mass is 35.5. The van der Waals surface area contributed by atoms with Gasteiger partial charge in [-0.2, -0.15) is 9.61 Å². The number of halogens is 2. The van der Waals surface area contributed by atoms with E-state index in [-0.39, 0.29) is 12.0 Å². The lowest BCUT2D eigenvalue weighted by atomic mass is 9.91. The zero-order valence-corrected chi connectivity index (χ0v) is 15.0. The van der Waals surface area contributed by atoms with Crippen molar-refractivity contribution in [2.45, 2.75) is 44.8 Å². The maximum atomic E-state index is 13.1. The van der Waals surface area contributed by atoms with Gasteiger partial charge in [-0.3, -0.25) is 0 Å². The largest absolute Gasteiger partial charge is 0.367 e. The molecule has 0 spiro atoms. The number of fused-ring (bicyclic) bond motifs is 1. The summed E-state index contributed by atoms with van der Waals surface area (Å²) in [6.07, 6.45) is 0.421. The normalized spacial score (nSPS) is 21.1. The number of hydrogen-bond donors (Lipinski definition) is 1. The van der Waals surface area contributed by atoms with Crippen LogP contribution in [0.15, 0.2) is 36.4 Å². The Kier molecular flexibility index (Phi) is 4.12. The predicted molar refractivity (Wildman–Crippen MR) is 98.2 cm³/mol. The van der Waals surface area contributed by atoms with E-state index in [0.29, 0.717) is 12.8 Å². The maximum absolute atomic E-state index is 13.1. The number of hydrogen-bond acceptors (Lipinski definition) is 3. The minimum atomic E-state index is -0.686. The van der Waals surface area contributed by atoms with E-state index in [4.69, 9.17) is 16.7 Å². The number of anilines is 1. The molecule has 130 valence electrons. The maximum Gasteiger partial charge on any atom is 0.157 e. The molecule has 2 heterocycles. The fourth-order valence-corrected chi connectivity index (χ4v) is 3.36. The fourth-order valence-electron chi connectivity index (χ4n) is 3.23. The molecule has 0 saturated heterocycles. The Morgan fingerprint density at radius 3 is 2.64 bits per heavy atom. The molecular weight excluding hydrogens is 339 g/mol. The zero-order valence-electron chi connectivity index (χ0n) is 14.2. The van der Waals surface area contributed by atoms with Gasteiger partial charge in [0.2, 0.25) is 0 Å². The molecule has 1 unspecified atom stereocenters. The van der Waals surface area contributed by atoms with E-state index >= 15 is 0 Å². The van der Waals surface area contributed by atoms with E-state index in [1.807, 2.05) is 47.8 Å². The summed E-state index contributed by atoms with van der Waals surface area (Å²) in [5.74, 6) is 1.00. The molecule has 1 N–H and O–H groups in total. The van der Waals surface area contributed by atoms with Crippen LogP contribution in [-0.4, -0.2) is 26.8 Å². The van der Waals surface area contributed by atoms with E-state index in [9.17, 15) is 4.39 Å². The first kappa shape index (κ1) is 16.3. The average Bonchev–Trinajstić information content (AvgIpc) is 2.97. The second-order valence-corrected chi connectivity index (χ2v) is 7.24. The van der Waals surface area contributed by atoms with E-state index in [1.165, 1.54) is 0 Å². The monoisotopic (exact) mass is 358 g/mol. The van der Waals surface area contributed by atoms with Crippen molar-refractivity contribution in [3.05, 3.63) is 58.4 Å². The van der Waals surface area contributed by atoms with Gasteiger partial charge in [-0.25, -0.2) is 9.37 Å².